The molecule has 1 aromatic rings. The van der Waals surface area contributed by atoms with E-state index in [2.05, 4.69) is 15.8 Å². The molecule has 1 aromatic heterocycles. The normalized spacial score (nSPS) is 13.1. The molecular formula is C19H29N3O5. The van der Waals surface area contributed by atoms with Crippen LogP contribution in [0.3, 0.4) is 0 Å². The van der Waals surface area contributed by atoms with Gasteiger partial charge in [0.1, 0.15) is 5.54 Å². The number of carbonyl (C=O) groups excluding carboxylic acids is 1. The molecule has 0 radical (unpaired) electrons. The van der Waals surface area contributed by atoms with Gasteiger partial charge in [-0.15, -0.1) is 0 Å². The van der Waals surface area contributed by atoms with Crippen molar-refractivity contribution in [2.45, 2.75) is 53.0 Å². The molecule has 0 spiro atoms. The van der Waals surface area contributed by atoms with Crippen LogP contribution in [0.25, 0.3) is 6.08 Å². The lowest BCUT2D eigenvalue weighted by Crippen LogP contribution is -2.46. The third kappa shape index (κ3) is 9.28. The van der Waals surface area contributed by atoms with Gasteiger partial charge in [-0.1, -0.05) is 19.9 Å². The Bertz CT molecular complexity index is 641. The van der Waals surface area contributed by atoms with Crippen LogP contribution < -0.4 is 10.8 Å². The number of carboxylic acids is 1. The predicted molar refractivity (Wildman–Crippen MR) is 101 cm³/mol. The molecule has 0 saturated heterocycles. The Labute approximate surface area is 159 Å². The zero-order chi connectivity index (χ0) is 20.4. The summed E-state index contributed by atoms with van der Waals surface area (Å²) in [7, 11) is 0. The van der Waals surface area contributed by atoms with Gasteiger partial charge in [0.25, 0.3) is 5.91 Å². The van der Waals surface area contributed by atoms with Gasteiger partial charge in [0, 0.05) is 18.8 Å². The van der Waals surface area contributed by atoms with E-state index in [1.54, 1.807) is 39.1 Å². The quantitative estimate of drug-likeness (QED) is 0.307. The maximum absolute atomic E-state index is 11.7. The molecule has 0 fully saturated rings. The number of aliphatic carboxylic acids is 1. The molecule has 1 amide bonds. The number of hydrogen-bond donors (Lipinski definition) is 3. The zero-order valence-corrected chi connectivity index (χ0v) is 16.5. The molecule has 150 valence electrons. The Morgan fingerprint density at radius 3 is 2.56 bits per heavy atom. The van der Waals surface area contributed by atoms with E-state index in [0.29, 0.717) is 24.8 Å². The molecule has 27 heavy (non-hydrogen) atoms. The predicted octanol–water partition coefficient (Wildman–Crippen LogP) is 2.11. The van der Waals surface area contributed by atoms with Crippen molar-refractivity contribution in [3.63, 3.8) is 0 Å². The highest BCUT2D eigenvalue weighted by molar-refractivity contribution is 5.90. The smallest absolute Gasteiger partial charge is 0.323 e. The van der Waals surface area contributed by atoms with Gasteiger partial charge in [-0.2, -0.15) is 0 Å². The Morgan fingerprint density at radius 2 is 2.00 bits per heavy atom. The SMILES string of the molecule is CC(C)COC(C)ONC(=O)/C=C/c1ccc(CNC(C)(C)C(=O)O)cn1. The third-order valence-electron chi connectivity index (χ3n) is 3.51. The molecule has 1 rings (SSSR count). The summed E-state index contributed by atoms with van der Waals surface area (Å²) in [4.78, 5) is 32.1. The first-order valence-electron chi connectivity index (χ1n) is 8.79. The van der Waals surface area contributed by atoms with Crippen LogP contribution >= 0.6 is 0 Å². The molecule has 0 bridgehead atoms. The average Bonchev–Trinajstić information content (AvgIpc) is 2.62. The molecule has 0 aliphatic carbocycles. The minimum absolute atomic E-state index is 0.374. The highest BCUT2D eigenvalue weighted by Gasteiger charge is 2.25. The standard InChI is InChI=1S/C19H29N3O5/c1-13(2)12-26-14(3)27-22-17(23)9-8-16-7-6-15(10-20-16)11-21-19(4,5)18(24)25/h6-10,13-14,21H,11-12H2,1-5H3,(H,22,23)(H,24,25)/b9-8+. The zero-order valence-electron chi connectivity index (χ0n) is 16.5. The second kappa shape index (κ2) is 10.8. The van der Waals surface area contributed by atoms with Crippen LogP contribution in [0.2, 0.25) is 0 Å². The van der Waals surface area contributed by atoms with Crippen LogP contribution in [0, 0.1) is 5.92 Å². The van der Waals surface area contributed by atoms with Gasteiger partial charge in [0.05, 0.1) is 12.3 Å². The Morgan fingerprint density at radius 1 is 1.30 bits per heavy atom. The lowest BCUT2D eigenvalue weighted by atomic mass is 10.1. The number of amides is 1. The molecule has 0 aromatic carbocycles. The number of hydroxylamine groups is 1. The maximum Gasteiger partial charge on any atom is 0.323 e. The summed E-state index contributed by atoms with van der Waals surface area (Å²) in [6.07, 6.45) is 3.95. The number of nitrogens with zero attached hydrogens (tertiary/aromatic N) is 1. The topological polar surface area (TPSA) is 110 Å². The van der Waals surface area contributed by atoms with Gasteiger partial charge < -0.3 is 9.84 Å². The number of aromatic nitrogens is 1. The van der Waals surface area contributed by atoms with Crippen LogP contribution in [0.15, 0.2) is 24.4 Å². The van der Waals surface area contributed by atoms with Crippen molar-refractivity contribution in [3.05, 3.63) is 35.7 Å². The number of pyridine rings is 1. The van der Waals surface area contributed by atoms with Crippen molar-refractivity contribution in [2.24, 2.45) is 5.92 Å². The van der Waals surface area contributed by atoms with Gasteiger partial charge >= 0.3 is 5.97 Å². The summed E-state index contributed by atoms with van der Waals surface area (Å²) in [5, 5.41) is 12.0. The molecule has 1 unspecified atom stereocenters. The van der Waals surface area contributed by atoms with Gasteiger partial charge in [-0.25, -0.2) is 10.3 Å². The molecule has 8 nitrogen and oxygen atoms in total. The first-order valence-corrected chi connectivity index (χ1v) is 8.79. The molecule has 3 N–H and O–H groups in total. The van der Waals surface area contributed by atoms with Gasteiger partial charge in [0.15, 0.2) is 6.29 Å². The van der Waals surface area contributed by atoms with Gasteiger partial charge in [0.2, 0.25) is 0 Å². The van der Waals surface area contributed by atoms with E-state index in [9.17, 15) is 9.59 Å². The lowest BCUT2D eigenvalue weighted by Gasteiger charge is -2.20. The molecule has 1 heterocycles. The van der Waals surface area contributed by atoms with Crippen molar-refractivity contribution in [3.8, 4) is 0 Å². The second-order valence-corrected chi connectivity index (χ2v) is 7.09. The highest BCUT2D eigenvalue weighted by atomic mass is 16.8. The fourth-order valence-corrected chi connectivity index (χ4v) is 1.74. The average molecular weight is 379 g/mol. The van der Waals surface area contributed by atoms with E-state index < -0.39 is 23.7 Å². The fraction of sp³-hybridized carbons (Fsp3) is 0.526. The van der Waals surface area contributed by atoms with E-state index in [1.165, 1.54) is 6.08 Å². The molecule has 0 aliphatic heterocycles. The lowest BCUT2D eigenvalue weighted by molar-refractivity contribution is -0.180. The van der Waals surface area contributed by atoms with Crippen LogP contribution in [-0.2, 0) is 25.7 Å². The third-order valence-corrected chi connectivity index (χ3v) is 3.51. The number of carboxylic acid groups (broad SMARTS) is 1. The summed E-state index contributed by atoms with van der Waals surface area (Å²) < 4.78 is 5.38. The van der Waals surface area contributed by atoms with Crippen molar-refractivity contribution >= 4 is 18.0 Å². The highest BCUT2D eigenvalue weighted by Crippen LogP contribution is 2.07. The van der Waals surface area contributed by atoms with E-state index in [4.69, 9.17) is 14.7 Å². The fourth-order valence-electron chi connectivity index (χ4n) is 1.74. The van der Waals surface area contributed by atoms with Crippen molar-refractivity contribution in [1.82, 2.24) is 15.8 Å². The first-order chi connectivity index (χ1) is 12.6. The summed E-state index contributed by atoms with van der Waals surface area (Å²) in [6, 6.07) is 3.55. The number of hydrogen-bond acceptors (Lipinski definition) is 6. The number of nitrogens with one attached hydrogen (secondary N) is 2. The van der Waals surface area contributed by atoms with Crippen LogP contribution in [-0.4, -0.2) is 40.4 Å². The van der Waals surface area contributed by atoms with Crippen molar-refractivity contribution in [2.75, 3.05) is 6.61 Å². The Kier molecular flexibility index (Phi) is 9.07. The molecule has 0 saturated carbocycles. The van der Waals surface area contributed by atoms with Gasteiger partial charge in [-0.05, 0) is 44.4 Å². The van der Waals surface area contributed by atoms with Crippen LogP contribution in [0.4, 0.5) is 0 Å². The Hall–Kier alpha value is -2.29. The molecule has 8 heteroatoms. The van der Waals surface area contributed by atoms with E-state index in [1.807, 2.05) is 19.9 Å². The number of rotatable bonds is 11. The summed E-state index contributed by atoms with van der Waals surface area (Å²) in [6.45, 7) is 9.85. The van der Waals surface area contributed by atoms with E-state index in [-0.39, 0.29) is 0 Å². The summed E-state index contributed by atoms with van der Waals surface area (Å²) >= 11 is 0. The summed E-state index contributed by atoms with van der Waals surface area (Å²) in [5.74, 6) is -0.969. The minimum Gasteiger partial charge on any atom is -0.480 e. The summed E-state index contributed by atoms with van der Waals surface area (Å²) in [5.41, 5.74) is 2.70. The van der Waals surface area contributed by atoms with E-state index in [0.717, 1.165) is 5.56 Å². The number of ether oxygens (including phenoxy) is 1. The Balaban J connectivity index is 2.43. The minimum atomic E-state index is -1.02. The van der Waals surface area contributed by atoms with Crippen LogP contribution in [0.5, 0.6) is 0 Å². The molecular weight excluding hydrogens is 350 g/mol. The van der Waals surface area contributed by atoms with Crippen molar-refractivity contribution in [1.29, 1.82) is 0 Å². The van der Waals surface area contributed by atoms with E-state index >= 15 is 0 Å². The van der Waals surface area contributed by atoms with Crippen molar-refractivity contribution < 1.29 is 24.3 Å². The monoisotopic (exact) mass is 379 g/mol. The molecule has 1 atom stereocenters. The van der Waals surface area contributed by atoms with Gasteiger partial charge in [-0.3, -0.25) is 19.9 Å². The largest absolute Gasteiger partial charge is 0.480 e. The second-order valence-electron chi connectivity index (χ2n) is 7.09. The number of carbonyl (C=O) groups is 2. The maximum atomic E-state index is 11.7. The molecule has 0 aliphatic rings. The van der Waals surface area contributed by atoms with Crippen LogP contribution in [0.1, 0.15) is 45.9 Å². The first kappa shape index (κ1) is 22.8.